The van der Waals surface area contributed by atoms with Crippen molar-refractivity contribution in [1.82, 2.24) is 9.62 Å². The van der Waals surface area contributed by atoms with Crippen LogP contribution in [0, 0.1) is 5.92 Å². The Morgan fingerprint density at radius 2 is 1.90 bits per heavy atom. The van der Waals surface area contributed by atoms with Crippen LogP contribution in [0.15, 0.2) is 18.2 Å². The maximum absolute atomic E-state index is 12.8. The van der Waals surface area contributed by atoms with Crippen molar-refractivity contribution in [2.45, 2.75) is 39.4 Å². The Labute approximate surface area is 174 Å². The van der Waals surface area contributed by atoms with E-state index < -0.39 is 27.8 Å². The average Bonchev–Trinajstić information content (AvgIpc) is 2.58. The maximum Gasteiger partial charge on any atom is 0.416 e. The smallest absolute Gasteiger partial charge is 0.372 e. The number of halogens is 4. The second kappa shape index (κ2) is 10.5. The summed E-state index contributed by atoms with van der Waals surface area (Å²) in [6, 6.07) is 2.18. The van der Waals surface area contributed by atoms with Crippen LogP contribution in [0.3, 0.4) is 0 Å². The van der Waals surface area contributed by atoms with Crippen molar-refractivity contribution >= 4 is 33.2 Å². The number of hydrogen-bond donors (Lipinski definition) is 2. The predicted octanol–water partition coefficient (Wildman–Crippen LogP) is 3.58. The predicted molar refractivity (Wildman–Crippen MR) is 108 cm³/mol. The van der Waals surface area contributed by atoms with E-state index in [0.717, 1.165) is 18.4 Å². The van der Waals surface area contributed by atoms with Gasteiger partial charge < -0.3 is 10.6 Å². The molecule has 0 fully saturated rings. The number of benzene rings is 1. The average molecular weight is 458 g/mol. The van der Waals surface area contributed by atoms with Crippen molar-refractivity contribution in [3.8, 4) is 0 Å². The van der Waals surface area contributed by atoms with Crippen LogP contribution in [0.25, 0.3) is 0 Å². The number of hydrogen-bond acceptors (Lipinski definition) is 4. The third-order valence-electron chi connectivity index (χ3n) is 4.26. The first-order valence-electron chi connectivity index (χ1n) is 9.13. The molecule has 1 rings (SSSR count). The van der Waals surface area contributed by atoms with Crippen LogP contribution in [0.1, 0.15) is 32.8 Å². The maximum atomic E-state index is 12.8. The Balaban J connectivity index is 2.72. The van der Waals surface area contributed by atoms with Gasteiger partial charge in [0.05, 0.1) is 22.5 Å². The van der Waals surface area contributed by atoms with E-state index in [9.17, 15) is 26.4 Å². The number of alkyl halides is 3. The summed E-state index contributed by atoms with van der Waals surface area (Å²) in [5, 5.41) is 5.48. The van der Waals surface area contributed by atoms with Gasteiger partial charge in [0, 0.05) is 19.6 Å². The molecule has 0 heterocycles. The summed E-state index contributed by atoms with van der Waals surface area (Å²) in [6.45, 7) is 6.19. The van der Waals surface area contributed by atoms with Crippen LogP contribution in [0.4, 0.5) is 18.9 Å². The highest BCUT2D eigenvalue weighted by atomic mass is 35.5. The van der Waals surface area contributed by atoms with Crippen LogP contribution in [0.5, 0.6) is 0 Å². The van der Waals surface area contributed by atoms with Gasteiger partial charge in [-0.1, -0.05) is 32.4 Å². The molecule has 0 unspecified atom stereocenters. The van der Waals surface area contributed by atoms with Gasteiger partial charge in [0.2, 0.25) is 15.9 Å². The molecule has 0 saturated heterocycles. The molecule has 0 radical (unpaired) electrons. The molecule has 166 valence electrons. The molecule has 1 amide bonds. The number of rotatable bonds is 10. The molecular weight excluding hydrogens is 431 g/mol. The second-order valence-electron chi connectivity index (χ2n) is 6.96. The van der Waals surface area contributed by atoms with E-state index in [4.69, 9.17) is 11.6 Å². The minimum Gasteiger partial charge on any atom is -0.372 e. The summed E-state index contributed by atoms with van der Waals surface area (Å²) in [6.07, 6.45) is -2.95. The molecule has 1 atom stereocenters. The molecular formula is C18H27ClF3N3O3S. The van der Waals surface area contributed by atoms with Crippen molar-refractivity contribution in [3.05, 3.63) is 28.8 Å². The number of anilines is 1. The highest BCUT2D eigenvalue weighted by Gasteiger charge is 2.31. The Morgan fingerprint density at radius 1 is 1.28 bits per heavy atom. The fraction of sp³-hybridized carbons (Fsp3) is 0.611. The number of carbonyl (C=O) groups excluding carboxylic acids is 1. The molecule has 0 bridgehead atoms. The largest absolute Gasteiger partial charge is 0.416 e. The molecule has 11 heteroatoms. The molecule has 0 saturated carbocycles. The zero-order valence-electron chi connectivity index (χ0n) is 16.8. The van der Waals surface area contributed by atoms with Crippen LogP contribution in [-0.2, 0) is 21.0 Å². The van der Waals surface area contributed by atoms with Gasteiger partial charge in [-0.05, 0) is 30.5 Å². The first kappa shape index (κ1) is 25.5. The van der Waals surface area contributed by atoms with Gasteiger partial charge in [0.25, 0.3) is 0 Å². The van der Waals surface area contributed by atoms with Crippen molar-refractivity contribution in [3.63, 3.8) is 0 Å². The normalized spacial score (nSPS) is 13.6. The summed E-state index contributed by atoms with van der Waals surface area (Å²) in [4.78, 5) is 12.5. The molecule has 2 N–H and O–H groups in total. The molecule has 1 aromatic rings. The number of sulfonamides is 1. The van der Waals surface area contributed by atoms with Gasteiger partial charge in [0.1, 0.15) is 6.04 Å². The Bertz CT molecular complexity index is 801. The summed E-state index contributed by atoms with van der Waals surface area (Å²) in [5.41, 5.74) is -0.646. The van der Waals surface area contributed by atoms with Crippen LogP contribution in [-0.4, -0.2) is 50.6 Å². The zero-order valence-corrected chi connectivity index (χ0v) is 18.4. The van der Waals surface area contributed by atoms with E-state index in [0.29, 0.717) is 13.0 Å². The van der Waals surface area contributed by atoms with Gasteiger partial charge in [-0.25, -0.2) is 12.7 Å². The van der Waals surface area contributed by atoms with Crippen molar-refractivity contribution < 1.29 is 26.4 Å². The lowest BCUT2D eigenvalue weighted by atomic mass is 10.0. The number of nitrogens with zero attached hydrogens (tertiary/aromatic N) is 1. The van der Waals surface area contributed by atoms with Crippen LogP contribution in [0.2, 0.25) is 5.02 Å². The van der Waals surface area contributed by atoms with Crippen molar-refractivity contribution in [2.24, 2.45) is 5.92 Å². The molecule has 0 aliphatic heterocycles. The molecule has 1 aromatic carbocycles. The fourth-order valence-corrected chi connectivity index (χ4v) is 3.81. The Morgan fingerprint density at radius 3 is 2.34 bits per heavy atom. The highest BCUT2D eigenvalue weighted by molar-refractivity contribution is 7.88. The van der Waals surface area contributed by atoms with Crippen LogP contribution < -0.4 is 10.6 Å². The summed E-state index contributed by atoms with van der Waals surface area (Å²) in [5.74, 6) is -0.519. The first-order valence-corrected chi connectivity index (χ1v) is 11.4. The lowest BCUT2D eigenvalue weighted by molar-refractivity contribution is -0.137. The lowest BCUT2D eigenvalue weighted by Crippen LogP contribution is -2.44. The third kappa shape index (κ3) is 8.02. The second-order valence-corrected chi connectivity index (χ2v) is 9.35. The molecule has 0 aromatic heterocycles. The fourth-order valence-electron chi connectivity index (χ4n) is 2.65. The van der Waals surface area contributed by atoms with E-state index in [1.165, 1.54) is 10.4 Å². The summed E-state index contributed by atoms with van der Waals surface area (Å²) >= 11 is 5.95. The van der Waals surface area contributed by atoms with E-state index in [1.54, 1.807) is 20.8 Å². The van der Waals surface area contributed by atoms with E-state index in [1.807, 2.05) is 0 Å². The van der Waals surface area contributed by atoms with Gasteiger partial charge >= 0.3 is 6.18 Å². The zero-order chi connectivity index (χ0) is 22.4. The van der Waals surface area contributed by atoms with Crippen molar-refractivity contribution in [1.29, 1.82) is 0 Å². The highest BCUT2D eigenvalue weighted by Crippen LogP contribution is 2.34. The summed E-state index contributed by atoms with van der Waals surface area (Å²) in [7, 11) is -3.29. The van der Waals surface area contributed by atoms with Crippen molar-refractivity contribution in [2.75, 3.05) is 31.2 Å². The molecule has 29 heavy (non-hydrogen) atoms. The summed E-state index contributed by atoms with van der Waals surface area (Å²) < 4.78 is 62.7. The SMILES string of the molecule is CCN(CCCNC(=O)[C@@H](Nc1ccc(C(F)(F)F)cc1Cl)C(C)C)S(C)(=O)=O. The molecule has 0 spiro atoms. The van der Waals surface area contributed by atoms with Gasteiger partial charge in [-0.3, -0.25) is 4.79 Å². The molecule has 0 aliphatic carbocycles. The minimum atomic E-state index is -4.50. The molecule has 0 aliphatic rings. The first-order chi connectivity index (χ1) is 13.3. The van der Waals surface area contributed by atoms with Gasteiger partial charge in [0.15, 0.2) is 0 Å². The van der Waals surface area contributed by atoms with E-state index in [2.05, 4.69) is 10.6 Å². The Kier molecular flexibility index (Phi) is 9.23. The standard InChI is InChI=1S/C18H27ClF3N3O3S/c1-5-25(29(4,27)28)10-6-9-23-17(26)16(12(2)3)24-15-8-7-13(11-14(15)19)18(20,21)22/h7-8,11-12,16,24H,5-6,9-10H2,1-4H3,(H,23,26)/t16-/m0/s1. The monoisotopic (exact) mass is 457 g/mol. The number of amides is 1. The number of carbonyl (C=O) groups is 1. The Hall–Kier alpha value is -1.52. The van der Waals surface area contributed by atoms with E-state index in [-0.39, 0.29) is 35.6 Å². The molecule has 6 nitrogen and oxygen atoms in total. The lowest BCUT2D eigenvalue weighted by Gasteiger charge is -2.24. The van der Waals surface area contributed by atoms with Gasteiger partial charge in [-0.15, -0.1) is 0 Å². The quantitative estimate of drug-likeness (QED) is 0.526. The minimum absolute atomic E-state index is 0.134. The third-order valence-corrected chi connectivity index (χ3v) is 5.95. The van der Waals surface area contributed by atoms with Crippen LogP contribution >= 0.6 is 11.6 Å². The van der Waals surface area contributed by atoms with E-state index >= 15 is 0 Å². The van der Waals surface area contributed by atoms with Gasteiger partial charge in [-0.2, -0.15) is 13.2 Å². The number of nitrogens with one attached hydrogen (secondary N) is 2. The topological polar surface area (TPSA) is 78.5 Å².